The largest absolute Gasteiger partial charge is 0.310 e. The first-order valence-corrected chi connectivity index (χ1v) is 48.3. The number of hydrogen-bond acceptors (Lipinski definition) is 2. The van der Waals surface area contributed by atoms with Crippen molar-refractivity contribution >= 4 is 123 Å². The fourth-order valence-electron chi connectivity index (χ4n) is 20.9. The molecule has 2 aliphatic heterocycles. The Kier molecular flexibility index (Phi) is 15.6. The zero-order chi connectivity index (χ0) is 118. The lowest BCUT2D eigenvalue weighted by molar-refractivity contribution is 0.569. The van der Waals surface area contributed by atoms with Gasteiger partial charge < -0.3 is 23.5 Å². The Morgan fingerprint density at radius 3 is 1.06 bits per heavy atom. The number of fused-ring (bicyclic) bond motifs is 13. The molecule has 2 aliphatic rings. The van der Waals surface area contributed by atoms with Crippen molar-refractivity contribution in [1.29, 1.82) is 0 Å². The zero-order valence-corrected chi connectivity index (χ0v) is 85.6. The molecule has 18 aromatic rings. The average Bonchev–Trinajstić information content (AvgIpc) is 1.56. The van der Waals surface area contributed by atoms with E-state index in [1.165, 1.54) is 9.13 Å². The van der Waals surface area contributed by atoms with E-state index in [0.29, 0.717) is 55.7 Å². The molecular weight excluding hydrogens is 1650 g/mol. The molecule has 0 unspecified atom stereocenters. The number of rotatable bonds is 9. The molecule has 0 radical (unpaired) electrons. The van der Waals surface area contributed by atoms with Crippen LogP contribution in [-0.4, -0.2) is 20.4 Å². The highest BCUT2D eigenvalue weighted by molar-refractivity contribution is 7.00. The quantitative estimate of drug-likeness (QED) is 0.134. The summed E-state index contributed by atoms with van der Waals surface area (Å²) in [5, 5.41) is 0.893. The minimum absolute atomic E-state index is 0.0214. The summed E-state index contributed by atoms with van der Waals surface area (Å²) in [7, 11) is 0. The van der Waals surface area contributed by atoms with Gasteiger partial charge in [-0.05, 0) is 264 Å². The Morgan fingerprint density at radius 2 is 0.620 bits per heavy atom. The SMILES string of the molecule is [2H]c1c([2H])c(C(C)(C)C)c([2H])c([2H])c1-c1c(C)c(C(C)(C)C)c([2H])c(-c2c([2H])c(C(C)(C)C)c([2H])c([2H])c2C(C)(C)C)c1N1c2cc(-n3c4ccc(C(C)(C)C)cc4c4cc(C(C)(C)C)ccc43)ccc2B2c3ccc(-n4c5c([2H])c([2H])c([2H])c([2H])c5c5c([2H])c([2H])c([2H])c([2H])c54)cc3N(c3c(-c4ccccc4C(C)(C)C)cc(C(C)(C)C)cc3-c3ccc(C(C)(C)C)cc3C(C)(C)C)c3cc(-n4c5c([2H])c([2H])c([2H])c([2H])c5c5c([2H])c([2H])c([2H])c([2H])c54)cc1c32. The van der Waals surface area contributed by atoms with Gasteiger partial charge >= 0.3 is 0 Å². The van der Waals surface area contributed by atoms with Crippen LogP contribution in [0.2, 0.25) is 0 Å². The van der Waals surface area contributed by atoms with Crippen LogP contribution in [0.1, 0.15) is 302 Å². The third-order valence-corrected chi connectivity index (χ3v) is 28.2. The highest BCUT2D eigenvalue weighted by Gasteiger charge is 2.48. The van der Waals surface area contributed by atoms with E-state index in [9.17, 15) is 32.9 Å². The molecule has 0 fully saturated rings. The van der Waals surface area contributed by atoms with Crippen LogP contribution in [0.25, 0.3) is 127 Å². The predicted molar refractivity (Wildman–Crippen MR) is 597 cm³/mol. The zero-order valence-electron chi connectivity index (χ0n) is 110. The molecule has 5 nitrogen and oxygen atoms in total. The minimum Gasteiger partial charge on any atom is -0.310 e. The Hall–Kier alpha value is -12.6. The van der Waals surface area contributed by atoms with Crippen LogP contribution >= 0.6 is 0 Å². The highest BCUT2D eigenvalue weighted by atomic mass is 15.2. The maximum atomic E-state index is 12.2. The monoisotopic (exact) mass is 1820 g/mol. The van der Waals surface area contributed by atoms with Gasteiger partial charge in [-0.25, -0.2) is 0 Å². The molecular formula is C131H140BN5. The summed E-state index contributed by atoms with van der Waals surface area (Å²) in [6, 6.07) is 34.8. The van der Waals surface area contributed by atoms with E-state index in [-0.39, 0.29) is 164 Å². The van der Waals surface area contributed by atoms with Gasteiger partial charge in [0.2, 0.25) is 0 Å². The first kappa shape index (κ1) is 67.6. The topological polar surface area (TPSA) is 21.3 Å². The van der Waals surface area contributed by atoms with Crippen LogP contribution in [0.15, 0.2) is 285 Å². The normalized spacial score (nSPS) is 16.2. The van der Waals surface area contributed by atoms with Gasteiger partial charge in [-0.15, -0.1) is 0 Å². The van der Waals surface area contributed by atoms with Crippen LogP contribution < -0.4 is 26.2 Å². The summed E-state index contributed by atoms with van der Waals surface area (Å²) in [5.41, 5.74) is 5.66. The van der Waals surface area contributed by atoms with Gasteiger partial charge in [-0.2, -0.15) is 0 Å². The molecule has 0 saturated heterocycles. The van der Waals surface area contributed by atoms with E-state index >= 15 is 0 Å². The second kappa shape index (κ2) is 31.7. The van der Waals surface area contributed by atoms with Gasteiger partial charge in [0.05, 0.1) is 83.1 Å². The molecule has 137 heavy (non-hydrogen) atoms. The molecule has 0 amide bonds. The fraction of sp³-hybridized carbons (Fsp3) is 0.313. The number of para-hydroxylation sites is 4. The summed E-state index contributed by atoms with van der Waals surface area (Å²) in [6.07, 6.45) is 0. The van der Waals surface area contributed by atoms with Crippen molar-refractivity contribution in [1.82, 2.24) is 13.7 Å². The number of benzene rings is 15. The third kappa shape index (κ3) is 15.5. The lowest BCUT2D eigenvalue weighted by Gasteiger charge is -2.47. The molecule has 6 heteroatoms. The maximum Gasteiger partial charge on any atom is 0.252 e. The number of nitrogens with zero attached hydrogens (tertiary/aromatic N) is 5. The third-order valence-electron chi connectivity index (χ3n) is 28.2. The van der Waals surface area contributed by atoms with Gasteiger partial charge in [0, 0.05) is 88.7 Å². The van der Waals surface area contributed by atoms with Crippen molar-refractivity contribution in [3.63, 3.8) is 0 Å². The summed E-state index contributed by atoms with van der Waals surface area (Å²) < 4.78 is 256. The van der Waals surface area contributed by atoms with E-state index in [1.54, 1.807) is 6.07 Å². The lowest BCUT2D eigenvalue weighted by Crippen LogP contribution is -2.61. The summed E-state index contributed by atoms with van der Waals surface area (Å²) in [4.78, 5) is 4.14. The van der Waals surface area contributed by atoms with Crippen LogP contribution in [0.5, 0.6) is 0 Å². The molecule has 0 N–H and O–H groups in total. The molecule has 0 spiro atoms. The maximum absolute atomic E-state index is 12.2. The van der Waals surface area contributed by atoms with Gasteiger partial charge in [-0.1, -0.05) is 389 Å². The van der Waals surface area contributed by atoms with E-state index in [2.05, 4.69) is 231 Å². The first-order valence-electron chi connectivity index (χ1n) is 60.3. The van der Waals surface area contributed by atoms with Crippen LogP contribution in [0, 0.1) is 6.92 Å². The van der Waals surface area contributed by atoms with Crippen molar-refractivity contribution in [2.75, 3.05) is 9.80 Å². The van der Waals surface area contributed by atoms with Crippen molar-refractivity contribution in [3.8, 4) is 61.6 Å². The van der Waals surface area contributed by atoms with Crippen molar-refractivity contribution in [2.24, 2.45) is 0 Å². The average molecular weight is 1820 g/mol. The molecule has 0 saturated carbocycles. The number of aromatic nitrogens is 3. The van der Waals surface area contributed by atoms with Gasteiger partial charge in [0.15, 0.2) is 0 Å². The lowest BCUT2D eigenvalue weighted by atomic mass is 9.33. The smallest absolute Gasteiger partial charge is 0.252 e. The Balaban J connectivity index is 1.16. The molecule has 20 rings (SSSR count). The van der Waals surface area contributed by atoms with Crippen molar-refractivity contribution in [3.05, 3.63) is 346 Å². The summed E-state index contributed by atoms with van der Waals surface area (Å²) in [5.74, 6) is 0. The van der Waals surface area contributed by atoms with Gasteiger partial charge in [0.1, 0.15) is 0 Å². The van der Waals surface area contributed by atoms with Crippen molar-refractivity contribution < 1.29 is 32.9 Å². The molecule has 0 atom stereocenters. The Bertz CT molecular complexity index is 9300. The van der Waals surface area contributed by atoms with E-state index in [0.717, 1.165) is 66.3 Å². The van der Waals surface area contributed by atoms with Crippen LogP contribution in [0.4, 0.5) is 34.1 Å². The molecule has 5 heterocycles. The van der Waals surface area contributed by atoms with E-state index in [4.69, 9.17) is 0 Å². The van der Waals surface area contributed by atoms with Gasteiger partial charge in [0.25, 0.3) is 6.71 Å². The van der Waals surface area contributed by atoms with E-state index < -0.39 is 159 Å². The second-order valence-electron chi connectivity index (χ2n) is 48.6. The Labute approximate surface area is 850 Å². The molecule has 0 aliphatic carbocycles. The minimum atomic E-state index is -1.24. The first-order chi connectivity index (χ1) is 74.2. The number of anilines is 6. The van der Waals surface area contributed by atoms with Crippen molar-refractivity contribution in [2.45, 2.75) is 269 Å². The summed E-state index contributed by atoms with van der Waals surface area (Å²) in [6.45, 7) is 62.3. The standard InChI is InChI=1S/C131H140BN5/c1-79-104(130(26,27)28)78-101(96-68-82(123(5,6)7)57-63-103(96)129(23,24)25)121(118(79)80-52-54-81(55-53-80)122(2,3)4)137-115-75-88(134-112-66-58-83(124(8,9)10)69-97(112)98-70-84(125(11,12)13)59-67-113(98)134)61-65-107(115)132-106-64-60-87(133-108-48-38-33-43-92(108)93-44-34-39-49-109(93)133)74-114(106)136(116-76-89(77-117(137)119(116)132)135-110-50-40-35-45-94(110)95-46-36-41-51-111(95)135)120-99(90-42-32-37-47-102(90)128(20,21)22)71-86(127(17,18)19)72-100(120)91-62-56-85(126(14,15)16)73-105(91)131(29,30)31/h32-78H,1-31H3/i33D,34D,35D,36D,38D,39D,40D,41D,43D,44D,45D,46D,48D,49D,50D,51D,52D,53D,54D,55D,57D,63D,68D,78D. The predicted octanol–water partition coefficient (Wildman–Crippen LogP) is 35.0. The van der Waals surface area contributed by atoms with E-state index in [1.807, 2.05) is 131 Å². The highest BCUT2D eigenvalue weighted by Crippen LogP contribution is 2.60. The van der Waals surface area contributed by atoms with Crippen LogP contribution in [0.3, 0.4) is 0 Å². The molecule has 3 aromatic heterocycles. The molecule has 692 valence electrons. The van der Waals surface area contributed by atoms with Crippen LogP contribution in [-0.2, 0) is 54.1 Å². The van der Waals surface area contributed by atoms with Gasteiger partial charge in [-0.3, -0.25) is 0 Å². The number of hydrogen-bond donors (Lipinski definition) is 0. The molecule has 15 aromatic carbocycles. The molecule has 0 bridgehead atoms. The second-order valence-corrected chi connectivity index (χ2v) is 48.6. The summed E-state index contributed by atoms with van der Waals surface area (Å²) >= 11 is 0. The Morgan fingerprint density at radius 1 is 0.241 bits per heavy atom. The fourth-order valence-corrected chi connectivity index (χ4v) is 20.9.